The number of methoxy groups -OCH3 is 2. The van der Waals surface area contributed by atoms with E-state index in [0.717, 1.165) is 58.8 Å². The molecule has 1 fully saturated rings. The molecule has 2 atom stereocenters. The summed E-state index contributed by atoms with van der Waals surface area (Å²) in [6.45, 7) is 4.98. The average molecular weight is 571 g/mol. The van der Waals surface area contributed by atoms with E-state index >= 15 is 0 Å². The van der Waals surface area contributed by atoms with Crippen LogP contribution in [-0.2, 0) is 0 Å². The van der Waals surface area contributed by atoms with Gasteiger partial charge in [-0.2, -0.15) is 5.10 Å². The Morgan fingerprint density at radius 3 is 2.27 bits per heavy atom. The highest BCUT2D eigenvalue weighted by atomic mass is 35.5. The first-order valence-electron chi connectivity index (χ1n) is 13.4. The van der Waals surface area contributed by atoms with Crippen LogP contribution in [0.25, 0.3) is 17.3 Å². The van der Waals surface area contributed by atoms with E-state index in [0.29, 0.717) is 5.02 Å². The fraction of sp³-hybridized carbons (Fsp3) is 0.250. The van der Waals surface area contributed by atoms with Crippen LogP contribution in [0.2, 0.25) is 5.02 Å². The summed E-state index contributed by atoms with van der Waals surface area (Å²) in [4.78, 5) is 7.55. The molecule has 2 unspecified atom stereocenters. The van der Waals surface area contributed by atoms with Crippen LogP contribution in [0, 0.1) is 5.92 Å². The Labute approximate surface area is 244 Å². The SMILES string of the molecule is CCN1C/C(=C\c2ccc(OC)cc2)C2=NN(c3nc(-c4ccc(Cl)cc4)cs3)C(c3ccc(OC)cc3)C2C1. The number of piperidine rings is 1. The van der Waals surface area contributed by atoms with Crippen LogP contribution >= 0.6 is 22.9 Å². The van der Waals surface area contributed by atoms with E-state index in [2.05, 4.69) is 52.6 Å². The molecule has 6 nitrogen and oxygen atoms in total. The first-order valence-corrected chi connectivity index (χ1v) is 14.6. The second-order valence-corrected chi connectivity index (χ2v) is 11.2. The topological polar surface area (TPSA) is 50.2 Å². The predicted molar refractivity (Wildman–Crippen MR) is 165 cm³/mol. The quantitative estimate of drug-likeness (QED) is 0.231. The molecular formula is C32H31ClN4O2S. The van der Waals surface area contributed by atoms with Crippen LogP contribution in [0.1, 0.15) is 24.1 Å². The summed E-state index contributed by atoms with van der Waals surface area (Å²) < 4.78 is 10.8. The predicted octanol–water partition coefficient (Wildman–Crippen LogP) is 7.43. The van der Waals surface area contributed by atoms with Gasteiger partial charge in [-0.3, -0.25) is 4.90 Å². The molecule has 40 heavy (non-hydrogen) atoms. The second-order valence-electron chi connectivity index (χ2n) is 9.95. The third-order valence-electron chi connectivity index (χ3n) is 7.58. The molecule has 3 aromatic carbocycles. The molecule has 0 N–H and O–H groups in total. The smallest absolute Gasteiger partial charge is 0.207 e. The standard InChI is InChI=1S/C32H31ClN4O2S/c1-4-36-18-24(17-21-5-13-26(38-2)14-6-21)30-28(19-36)31(23-9-15-27(39-3)16-10-23)37(35-30)32-34-29(20-40-32)22-7-11-25(33)12-8-22/h5-17,20,28,31H,4,18-19H2,1-3H3/b24-17+. The summed E-state index contributed by atoms with van der Waals surface area (Å²) in [6, 6.07) is 24.4. The van der Waals surface area contributed by atoms with Gasteiger partial charge in [0, 0.05) is 35.0 Å². The van der Waals surface area contributed by atoms with Crippen molar-refractivity contribution in [3.05, 3.63) is 99.9 Å². The Balaban J connectivity index is 1.43. The molecule has 0 bridgehead atoms. The lowest BCUT2D eigenvalue weighted by molar-refractivity contribution is 0.265. The van der Waals surface area contributed by atoms with Crippen molar-refractivity contribution in [2.75, 3.05) is 38.9 Å². The lowest BCUT2D eigenvalue weighted by Crippen LogP contribution is -2.43. The minimum atomic E-state index is 0.0127. The van der Waals surface area contributed by atoms with Gasteiger partial charge < -0.3 is 9.47 Å². The van der Waals surface area contributed by atoms with E-state index in [4.69, 9.17) is 31.2 Å². The number of thiazole rings is 1. The molecule has 1 aromatic heterocycles. The van der Waals surface area contributed by atoms with Crippen LogP contribution < -0.4 is 14.5 Å². The maximum atomic E-state index is 6.13. The summed E-state index contributed by atoms with van der Waals surface area (Å²) in [5, 5.41) is 11.1. The van der Waals surface area contributed by atoms with E-state index < -0.39 is 0 Å². The number of aromatic nitrogens is 1. The number of hydrogen-bond acceptors (Lipinski definition) is 7. The first kappa shape index (κ1) is 26.6. The number of nitrogens with zero attached hydrogens (tertiary/aromatic N) is 4. The van der Waals surface area contributed by atoms with Gasteiger partial charge in [-0.25, -0.2) is 9.99 Å². The van der Waals surface area contributed by atoms with Crippen LogP contribution in [-0.4, -0.2) is 49.4 Å². The molecule has 8 heteroatoms. The van der Waals surface area contributed by atoms with E-state index in [1.165, 1.54) is 11.1 Å². The number of benzene rings is 3. The van der Waals surface area contributed by atoms with Crippen molar-refractivity contribution < 1.29 is 9.47 Å². The third kappa shape index (κ3) is 5.24. The van der Waals surface area contributed by atoms with E-state index in [-0.39, 0.29) is 12.0 Å². The summed E-state index contributed by atoms with van der Waals surface area (Å²) in [6.07, 6.45) is 2.27. The van der Waals surface area contributed by atoms with Gasteiger partial charge in [0.05, 0.1) is 31.7 Å². The van der Waals surface area contributed by atoms with Crippen molar-refractivity contribution in [3.8, 4) is 22.8 Å². The second kappa shape index (κ2) is 11.5. The van der Waals surface area contributed by atoms with Crippen molar-refractivity contribution in [1.82, 2.24) is 9.88 Å². The minimum absolute atomic E-state index is 0.0127. The molecule has 3 heterocycles. The molecule has 6 rings (SSSR count). The largest absolute Gasteiger partial charge is 0.497 e. The maximum Gasteiger partial charge on any atom is 0.207 e. The average Bonchev–Trinajstić information content (AvgIpc) is 3.63. The molecule has 0 saturated carbocycles. The van der Waals surface area contributed by atoms with E-state index in [1.807, 2.05) is 48.5 Å². The molecule has 0 radical (unpaired) electrons. The Bertz CT molecular complexity index is 1530. The number of likely N-dealkylation sites (tertiary alicyclic amines) is 1. The number of anilines is 1. The maximum absolute atomic E-state index is 6.13. The minimum Gasteiger partial charge on any atom is -0.497 e. The van der Waals surface area contributed by atoms with Crippen LogP contribution in [0.15, 0.2) is 88.9 Å². The monoisotopic (exact) mass is 570 g/mol. The number of hydrazone groups is 1. The van der Waals surface area contributed by atoms with Gasteiger partial charge in [0.2, 0.25) is 5.13 Å². The Morgan fingerprint density at radius 2 is 1.62 bits per heavy atom. The van der Waals surface area contributed by atoms with Gasteiger partial charge in [-0.05, 0) is 65.7 Å². The summed E-state index contributed by atoms with van der Waals surface area (Å²) in [5.74, 6) is 1.88. The van der Waals surface area contributed by atoms with Gasteiger partial charge in [0.15, 0.2) is 0 Å². The van der Waals surface area contributed by atoms with Crippen molar-refractivity contribution in [1.29, 1.82) is 0 Å². The van der Waals surface area contributed by atoms with Gasteiger partial charge >= 0.3 is 0 Å². The highest BCUT2D eigenvalue weighted by molar-refractivity contribution is 7.14. The number of fused-ring (bicyclic) bond motifs is 1. The van der Waals surface area contributed by atoms with Gasteiger partial charge in [0.25, 0.3) is 0 Å². The Hall–Kier alpha value is -3.65. The number of likely N-dealkylation sites (N-methyl/N-ethyl adjacent to an activating group) is 1. The molecular weight excluding hydrogens is 540 g/mol. The normalized spacial score (nSPS) is 19.9. The zero-order valence-corrected chi connectivity index (χ0v) is 24.3. The molecule has 1 saturated heterocycles. The molecule has 2 aliphatic rings. The number of ether oxygens (including phenoxy) is 2. The van der Waals surface area contributed by atoms with E-state index in [9.17, 15) is 0 Å². The highest BCUT2D eigenvalue weighted by Crippen LogP contribution is 2.45. The lowest BCUT2D eigenvalue weighted by Gasteiger charge is -2.35. The Morgan fingerprint density at radius 1 is 0.950 bits per heavy atom. The number of rotatable bonds is 7. The molecule has 0 spiro atoms. The van der Waals surface area contributed by atoms with Crippen LogP contribution in [0.4, 0.5) is 5.13 Å². The van der Waals surface area contributed by atoms with Crippen molar-refractivity contribution >= 4 is 39.9 Å². The molecule has 0 aliphatic carbocycles. The fourth-order valence-corrected chi connectivity index (χ4v) is 6.39. The number of halogens is 1. The summed E-state index contributed by atoms with van der Waals surface area (Å²) in [7, 11) is 3.39. The van der Waals surface area contributed by atoms with Crippen molar-refractivity contribution in [2.24, 2.45) is 11.0 Å². The van der Waals surface area contributed by atoms with Gasteiger partial charge in [-0.1, -0.05) is 54.9 Å². The summed E-state index contributed by atoms with van der Waals surface area (Å²) >= 11 is 7.75. The molecule has 2 aliphatic heterocycles. The van der Waals surface area contributed by atoms with Gasteiger partial charge in [0.1, 0.15) is 11.5 Å². The van der Waals surface area contributed by atoms with E-state index in [1.54, 1.807) is 25.6 Å². The molecule has 204 valence electrons. The van der Waals surface area contributed by atoms with Crippen LogP contribution in [0.3, 0.4) is 0 Å². The molecule has 4 aromatic rings. The van der Waals surface area contributed by atoms with Crippen LogP contribution in [0.5, 0.6) is 11.5 Å². The number of hydrogen-bond donors (Lipinski definition) is 0. The van der Waals surface area contributed by atoms with Crippen molar-refractivity contribution in [2.45, 2.75) is 13.0 Å². The van der Waals surface area contributed by atoms with Gasteiger partial charge in [-0.15, -0.1) is 11.3 Å². The fourth-order valence-electron chi connectivity index (χ4n) is 5.45. The lowest BCUT2D eigenvalue weighted by atomic mass is 9.83. The first-order chi connectivity index (χ1) is 19.6. The Kier molecular flexibility index (Phi) is 7.61. The summed E-state index contributed by atoms with van der Waals surface area (Å²) in [5.41, 5.74) is 6.64. The zero-order valence-electron chi connectivity index (χ0n) is 22.8. The third-order valence-corrected chi connectivity index (χ3v) is 8.66. The molecule has 0 amide bonds. The van der Waals surface area contributed by atoms with Crippen molar-refractivity contribution in [3.63, 3.8) is 0 Å². The highest BCUT2D eigenvalue weighted by Gasteiger charge is 2.44. The zero-order chi connectivity index (χ0) is 27.6.